The number of nitrogens with one attached hydrogen (secondary N) is 2. The summed E-state index contributed by atoms with van der Waals surface area (Å²) in [7, 11) is 1.80. The zero-order valence-electron chi connectivity index (χ0n) is 16.2. The fourth-order valence-corrected chi connectivity index (χ4v) is 3.88. The number of anilines is 2. The summed E-state index contributed by atoms with van der Waals surface area (Å²) in [5.41, 5.74) is 7.79. The molecule has 0 atom stereocenters. The number of hydrogen-bond donors (Lipinski definition) is 3. The molecule has 0 unspecified atom stereocenters. The third-order valence-corrected chi connectivity index (χ3v) is 5.32. The number of fused-ring (bicyclic) bond motifs is 2. The van der Waals surface area contributed by atoms with Crippen LogP contribution in [0.2, 0.25) is 0 Å². The number of hydrogen-bond acceptors (Lipinski definition) is 7. The van der Waals surface area contributed by atoms with Gasteiger partial charge in [-0.25, -0.2) is 9.97 Å². The van der Waals surface area contributed by atoms with Gasteiger partial charge in [-0.2, -0.15) is 0 Å². The van der Waals surface area contributed by atoms with E-state index in [0.717, 1.165) is 5.52 Å². The first kappa shape index (κ1) is 20.9. The molecule has 0 aliphatic heterocycles. The molecule has 0 bridgehead atoms. The van der Waals surface area contributed by atoms with Crippen LogP contribution in [0.15, 0.2) is 36.4 Å². The van der Waals surface area contributed by atoms with Gasteiger partial charge in [0.25, 0.3) is 5.91 Å². The van der Waals surface area contributed by atoms with Crippen molar-refractivity contribution in [1.82, 2.24) is 19.9 Å². The second-order valence-electron chi connectivity index (χ2n) is 6.56. The first-order valence-corrected chi connectivity index (χ1v) is 9.93. The predicted molar refractivity (Wildman–Crippen MR) is 112 cm³/mol. The molecule has 2 aromatic heterocycles. The van der Waals surface area contributed by atoms with Crippen LogP contribution < -0.4 is 21.1 Å². The van der Waals surface area contributed by atoms with Crippen LogP contribution in [-0.4, -0.2) is 39.9 Å². The van der Waals surface area contributed by atoms with E-state index in [1.165, 1.54) is 29.5 Å². The average Bonchev–Trinajstić information content (AvgIpc) is 3.24. The molecular formula is C19H17F3N6O2S. The number of nitrogens with two attached hydrogens (primary N) is 1. The normalized spacial score (nSPS) is 11.8. The summed E-state index contributed by atoms with van der Waals surface area (Å²) in [6.07, 6.45) is -4.76. The van der Waals surface area contributed by atoms with Gasteiger partial charge < -0.3 is 25.7 Å². The highest BCUT2D eigenvalue weighted by Gasteiger charge is 2.31. The van der Waals surface area contributed by atoms with E-state index in [0.29, 0.717) is 45.5 Å². The van der Waals surface area contributed by atoms with Gasteiger partial charge in [-0.15, -0.1) is 13.2 Å². The summed E-state index contributed by atoms with van der Waals surface area (Å²) in [5, 5.41) is 6.24. The van der Waals surface area contributed by atoms with Crippen molar-refractivity contribution in [2.24, 2.45) is 12.8 Å². The first-order valence-electron chi connectivity index (χ1n) is 9.11. The minimum atomic E-state index is -4.76. The highest BCUT2D eigenvalue weighted by molar-refractivity contribution is 7.22. The number of aryl methyl sites for hydroxylation is 1. The molecule has 8 nitrogen and oxygen atoms in total. The second kappa shape index (κ2) is 8.04. The average molecular weight is 450 g/mol. The van der Waals surface area contributed by atoms with E-state index in [2.05, 4.69) is 25.3 Å². The fourth-order valence-electron chi connectivity index (χ4n) is 2.99. The molecule has 2 heterocycles. The van der Waals surface area contributed by atoms with Crippen LogP contribution in [0.4, 0.5) is 24.3 Å². The Morgan fingerprint density at radius 2 is 2.00 bits per heavy atom. The zero-order valence-corrected chi connectivity index (χ0v) is 17.0. The molecular weight excluding hydrogens is 433 g/mol. The Morgan fingerprint density at radius 3 is 2.74 bits per heavy atom. The maximum Gasteiger partial charge on any atom is 0.573 e. The number of benzene rings is 2. The molecule has 0 fully saturated rings. The van der Waals surface area contributed by atoms with E-state index < -0.39 is 6.36 Å². The van der Waals surface area contributed by atoms with Gasteiger partial charge in [-0.1, -0.05) is 11.3 Å². The highest BCUT2D eigenvalue weighted by Crippen LogP contribution is 2.33. The molecule has 4 rings (SSSR count). The van der Waals surface area contributed by atoms with Gasteiger partial charge >= 0.3 is 6.36 Å². The number of carbonyl (C=O) groups excluding carboxylic acids is 1. The number of thiazole rings is 1. The summed E-state index contributed by atoms with van der Waals surface area (Å²) < 4.78 is 43.6. The zero-order chi connectivity index (χ0) is 22.2. The van der Waals surface area contributed by atoms with E-state index in [-0.39, 0.29) is 11.7 Å². The minimum Gasteiger partial charge on any atom is -0.406 e. The van der Waals surface area contributed by atoms with Crippen LogP contribution in [0.3, 0.4) is 0 Å². The van der Waals surface area contributed by atoms with Crippen LogP contribution in [0.1, 0.15) is 10.4 Å². The van der Waals surface area contributed by atoms with Crippen molar-refractivity contribution >= 4 is 49.6 Å². The van der Waals surface area contributed by atoms with Crippen molar-refractivity contribution in [3.05, 3.63) is 42.0 Å². The highest BCUT2D eigenvalue weighted by atomic mass is 32.1. The summed E-state index contributed by atoms with van der Waals surface area (Å²) in [6.45, 7) is 0.719. The van der Waals surface area contributed by atoms with Gasteiger partial charge in [0.15, 0.2) is 5.13 Å². The Bertz CT molecular complexity index is 1270. The van der Waals surface area contributed by atoms with E-state index >= 15 is 0 Å². The van der Waals surface area contributed by atoms with Crippen molar-refractivity contribution < 1.29 is 22.7 Å². The van der Waals surface area contributed by atoms with Gasteiger partial charge in [-0.05, 0) is 30.3 Å². The predicted octanol–water partition coefficient (Wildman–Crippen LogP) is 3.51. The van der Waals surface area contributed by atoms with E-state index in [4.69, 9.17) is 5.73 Å². The first-order chi connectivity index (χ1) is 14.7. The standard InChI is InChI=1S/C19H17F3N6O2S/c1-28-14-5-2-10(16(29)24-7-6-23)8-13(14)25-17(28)27-18-26-12-4-3-11(9-15(12)31-18)30-19(20,21)22/h2-5,8-9H,6-7,23H2,1H3,(H,24,29)(H,25,26,27). The molecule has 0 saturated heterocycles. The van der Waals surface area contributed by atoms with Crippen LogP contribution in [-0.2, 0) is 7.05 Å². The summed E-state index contributed by atoms with van der Waals surface area (Å²) in [6, 6.07) is 9.10. The lowest BCUT2D eigenvalue weighted by Gasteiger charge is -2.07. The van der Waals surface area contributed by atoms with Gasteiger partial charge in [0.05, 0.1) is 21.3 Å². The number of aromatic nitrogens is 3. The molecule has 0 spiro atoms. The SMILES string of the molecule is Cn1c(Nc2nc3ccc(OC(F)(F)F)cc3s2)nc2cc(C(=O)NCCN)ccc21. The van der Waals surface area contributed by atoms with Crippen molar-refractivity contribution in [2.45, 2.75) is 6.36 Å². The number of nitrogens with zero attached hydrogens (tertiary/aromatic N) is 3. The lowest BCUT2D eigenvalue weighted by molar-refractivity contribution is -0.274. The van der Waals surface area contributed by atoms with Gasteiger partial charge in [-0.3, -0.25) is 4.79 Å². The lowest BCUT2D eigenvalue weighted by Crippen LogP contribution is -2.28. The number of halogens is 3. The Hall–Kier alpha value is -3.38. The van der Waals surface area contributed by atoms with Crippen LogP contribution >= 0.6 is 11.3 Å². The molecule has 0 aliphatic rings. The maximum absolute atomic E-state index is 12.4. The largest absolute Gasteiger partial charge is 0.573 e. The quantitative estimate of drug-likeness (QED) is 0.415. The van der Waals surface area contributed by atoms with Crippen molar-refractivity contribution in [2.75, 3.05) is 18.4 Å². The number of ether oxygens (including phenoxy) is 1. The maximum atomic E-state index is 12.4. The number of imidazole rings is 1. The van der Waals surface area contributed by atoms with E-state index in [9.17, 15) is 18.0 Å². The molecule has 1 amide bonds. The molecule has 162 valence electrons. The van der Waals surface area contributed by atoms with E-state index in [1.807, 2.05) is 0 Å². The Morgan fingerprint density at radius 1 is 1.19 bits per heavy atom. The number of rotatable bonds is 6. The Balaban J connectivity index is 1.59. The van der Waals surface area contributed by atoms with E-state index in [1.54, 1.807) is 29.8 Å². The molecule has 4 aromatic rings. The molecule has 31 heavy (non-hydrogen) atoms. The monoisotopic (exact) mass is 450 g/mol. The third-order valence-electron chi connectivity index (χ3n) is 4.39. The summed E-state index contributed by atoms with van der Waals surface area (Å²) in [5.74, 6) is -0.0747. The van der Waals surface area contributed by atoms with Crippen LogP contribution in [0, 0.1) is 0 Å². The van der Waals surface area contributed by atoms with Gasteiger partial charge in [0.2, 0.25) is 5.95 Å². The molecule has 4 N–H and O–H groups in total. The minimum absolute atomic E-state index is 0.240. The molecule has 0 radical (unpaired) electrons. The van der Waals surface area contributed by atoms with Gasteiger partial charge in [0, 0.05) is 31.8 Å². The Kier molecular flexibility index (Phi) is 5.41. The second-order valence-corrected chi connectivity index (χ2v) is 7.59. The smallest absolute Gasteiger partial charge is 0.406 e. The molecule has 12 heteroatoms. The number of carbonyl (C=O) groups is 1. The lowest BCUT2D eigenvalue weighted by atomic mass is 10.2. The topological polar surface area (TPSA) is 107 Å². The van der Waals surface area contributed by atoms with Crippen molar-refractivity contribution in [3.63, 3.8) is 0 Å². The number of amides is 1. The van der Waals surface area contributed by atoms with Crippen LogP contribution in [0.5, 0.6) is 5.75 Å². The van der Waals surface area contributed by atoms with Crippen molar-refractivity contribution in [1.29, 1.82) is 0 Å². The summed E-state index contributed by atoms with van der Waals surface area (Å²) in [4.78, 5) is 21.0. The van der Waals surface area contributed by atoms with Crippen LogP contribution in [0.25, 0.3) is 21.3 Å². The third kappa shape index (κ3) is 4.54. The fraction of sp³-hybridized carbons (Fsp3) is 0.211. The molecule has 0 saturated carbocycles. The molecule has 0 aliphatic carbocycles. The van der Waals surface area contributed by atoms with Gasteiger partial charge in [0.1, 0.15) is 5.75 Å². The van der Waals surface area contributed by atoms with Crippen molar-refractivity contribution in [3.8, 4) is 5.75 Å². The Labute approximate surface area is 177 Å². The number of alkyl halides is 3. The summed E-state index contributed by atoms with van der Waals surface area (Å²) >= 11 is 1.17. The molecule has 2 aromatic carbocycles.